The lowest BCUT2D eigenvalue weighted by Gasteiger charge is -2.31. The molecule has 1 aliphatic carbocycles. The second-order valence-corrected chi connectivity index (χ2v) is 9.00. The van der Waals surface area contributed by atoms with Gasteiger partial charge in [-0.25, -0.2) is 0 Å². The number of hydrogen-bond acceptors (Lipinski definition) is 5. The van der Waals surface area contributed by atoms with E-state index >= 15 is 0 Å². The van der Waals surface area contributed by atoms with Gasteiger partial charge in [0.2, 0.25) is 0 Å². The summed E-state index contributed by atoms with van der Waals surface area (Å²) >= 11 is 0. The minimum absolute atomic E-state index is 0.0266. The summed E-state index contributed by atoms with van der Waals surface area (Å²) in [7, 11) is 0. The summed E-state index contributed by atoms with van der Waals surface area (Å²) in [5.74, 6) is -1.22. The highest BCUT2D eigenvalue weighted by atomic mass is 16.7. The second kappa shape index (κ2) is 13.5. The zero-order valence-electron chi connectivity index (χ0n) is 18.6. The Hall–Kier alpha value is -0.950. The fourth-order valence-corrected chi connectivity index (χ4v) is 4.94. The fraction of sp³-hybridized carbons (Fsp3) is 0.875. The molecule has 6 nitrogen and oxygen atoms in total. The molecule has 0 unspecified atom stereocenters. The summed E-state index contributed by atoms with van der Waals surface area (Å²) in [5, 5.41) is 29.7. The Morgan fingerprint density at radius 1 is 0.967 bits per heavy atom. The average molecular weight is 427 g/mol. The molecule has 174 valence electrons. The first-order valence-corrected chi connectivity index (χ1v) is 12.0. The Morgan fingerprint density at radius 3 is 2.37 bits per heavy atom. The molecule has 0 aromatic rings. The molecule has 0 spiro atoms. The lowest BCUT2D eigenvalue weighted by Crippen LogP contribution is -2.33. The molecule has 0 aromatic heterocycles. The standard InChI is InChI=1S/C24H42O6/c1-2-3-4-7-10-14-24(29-16-17-30-24)15-13-20-19(21(25)18-22(20)26)11-8-5-6-9-12-23(27)28/h5,8,19-22,25-26H,2-4,6-7,9-18H2,1H3,(H,27,28)/t19-,20-,21+,22-/m1/s1. The molecule has 6 heteroatoms. The third-order valence-electron chi connectivity index (χ3n) is 6.69. The van der Waals surface area contributed by atoms with Crippen molar-refractivity contribution in [3.8, 4) is 0 Å². The van der Waals surface area contributed by atoms with E-state index in [2.05, 4.69) is 6.92 Å². The van der Waals surface area contributed by atoms with E-state index in [0.29, 0.717) is 32.5 Å². The molecule has 2 rings (SSSR count). The predicted molar refractivity (Wildman–Crippen MR) is 116 cm³/mol. The van der Waals surface area contributed by atoms with Crippen molar-refractivity contribution in [2.24, 2.45) is 11.8 Å². The van der Waals surface area contributed by atoms with Gasteiger partial charge in [0.25, 0.3) is 0 Å². The molecule has 0 bridgehead atoms. The van der Waals surface area contributed by atoms with Crippen LogP contribution < -0.4 is 0 Å². The van der Waals surface area contributed by atoms with Crippen LogP contribution in [0.15, 0.2) is 12.2 Å². The summed E-state index contributed by atoms with van der Waals surface area (Å²) in [4.78, 5) is 10.6. The lowest BCUT2D eigenvalue weighted by molar-refractivity contribution is -0.171. The van der Waals surface area contributed by atoms with Crippen LogP contribution in [0, 0.1) is 11.8 Å². The zero-order chi connectivity index (χ0) is 21.8. The maximum atomic E-state index is 10.6. The molecule has 0 radical (unpaired) electrons. The number of unbranched alkanes of at least 4 members (excludes halogenated alkanes) is 5. The van der Waals surface area contributed by atoms with Crippen LogP contribution in [0.3, 0.4) is 0 Å². The first-order valence-electron chi connectivity index (χ1n) is 12.0. The van der Waals surface area contributed by atoms with Crippen molar-refractivity contribution in [3.63, 3.8) is 0 Å². The number of ether oxygens (including phenoxy) is 2. The van der Waals surface area contributed by atoms with Gasteiger partial charge in [-0.15, -0.1) is 0 Å². The largest absolute Gasteiger partial charge is 0.481 e. The zero-order valence-corrected chi connectivity index (χ0v) is 18.6. The van der Waals surface area contributed by atoms with Crippen LogP contribution in [-0.4, -0.2) is 52.5 Å². The SMILES string of the molecule is CCCCCCCC1(CC[C@@H]2[C@@H](CC=CCCCC(=O)O)[C@@H](O)C[C@H]2O)OCCO1. The highest BCUT2D eigenvalue weighted by Gasteiger charge is 2.43. The van der Waals surface area contributed by atoms with Crippen LogP contribution >= 0.6 is 0 Å². The van der Waals surface area contributed by atoms with Gasteiger partial charge in [-0.2, -0.15) is 0 Å². The first-order chi connectivity index (χ1) is 14.5. The van der Waals surface area contributed by atoms with Gasteiger partial charge < -0.3 is 24.8 Å². The van der Waals surface area contributed by atoms with Gasteiger partial charge >= 0.3 is 5.97 Å². The van der Waals surface area contributed by atoms with Crippen molar-refractivity contribution < 1.29 is 29.6 Å². The summed E-state index contributed by atoms with van der Waals surface area (Å²) in [6.45, 7) is 3.48. The van der Waals surface area contributed by atoms with Crippen LogP contribution in [0.25, 0.3) is 0 Å². The van der Waals surface area contributed by atoms with Crippen LogP contribution in [-0.2, 0) is 14.3 Å². The highest BCUT2D eigenvalue weighted by molar-refractivity contribution is 5.66. The molecular formula is C24H42O6. The van der Waals surface area contributed by atoms with Crippen LogP contribution in [0.4, 0.5) is 0 Å². The number of allylic oxidation sites excluding steroid dienone is 2. The molecule has 1 heterocycles. The van der Waals surface area contributed by atoms with Crippen molar-refractivity contribution in [2.45, 2.75) is 108 Å². The van der Waals surface area contributed by atoms with E-state index in [1.807, 2.05) is 12.2 Å². The summed E-state index contributed by atoms with van der Waals surface area (Å²) in [6.07, 6.45) is 14.2. The van der Waals surface area contributed by atoms with E-state index in [0.717, 1.165) is 32.1 Å². The molecule has 2 aliphatic rings. The van der Waals surface area contributed by atoms with Gasteiger partial charge in [0, 0.05) is 19.3 Å². The van der Waals surface area contributed by atoms with E-state index in [-0.39, 0.29) is 18.3 Å². The monoisotopic (exact) mass is 426 g/mol. The lowest BCUT2D eigenvalue weighted by atomic mass is 9.85. The predicted octanol–water partition coefficient (Wildman–Crippen LogP) is 4.43. The van der Waals surface area contributed by atoms with Gasteiger partial charge in [-0.05, 0) is 50.4 Å². The summed E-state index contributed by atoms with van der Waals surface area (Å²) < 4.78 is 12.0. The van der Waals surface area contributed by atoms with Crippen LogP contribution in [0.5, 0.6) is 0 Å². The number of aliphatic carboxylic acids is 1. The maximum Gasteiger partial charge on any atom is 0.303 e. The van der Waals surface area contributed by atoms with Gasteiger partial charge in [0.15, 0.2) is 5.79 Å². The topological polar surface area (TPSA) is 96.2 Å². The molecule has 4 atom stereocenters. The quantitative estimate of drug-likeness (QED) is 0.265. The highest BCUT2D eigenvalue weighted by Crippen LogP contribution is 2.41. The van der Waals surface area contributed by atoms with E-state index in [9.17, 15) is 15.0 Å². The van der Waals surface area contributed by atoms with Crippen molar-refractivity contribution in [3.05, 3.63) is 12.2 Å². The molecular weight excluding hydrogens is 384 g/mol. The molecule has 3 N–H and O–H groups in total. The number of hydrogen-bond donors (Lipinski definition) is 3. The Morgan fingerprint density at radius 2 is 1.67 bits per heavy atom. The number of carboxylic acid groups (broad SMARTS) is 1. The smallest absolute Gasteiger partial charge is 0.303 e. The van der Waals surface area contributed by atoms with Crippen molar-refractivity contribution in [1.82, 2.24) is 0 Å². The summed E-state index contributed by atoms with van der Waals surface area (Å²) in [6, 6.07) is 0. The average Bonchev–Trinajstić information content (AvgIpc) is 3.27. The van der Waals surface area contributed by atoms with E-state index < -0.39 is 24.0 Å². The van der Waals surface area contributed by atoms with Crippen molar-refractivity contribution in [2.75, 3.05) is 13.2 Å². The van der Waals surface area contributed by atoms with E-state index in [1.54, 1.807) is 0 Å². The molecule has 30 heavy (non-hydrogen) atoms. The maximum absolute atomic E-state index is 10.6. The third-order valence-corrected chi connectivity index (χ3v) is 6.69. The number of carboxylic acids is 1. The van der Waals surface area contributed by atoms with E-state index in [1.165, 1.54) is 25.7 Å². The Balaban J connectivity index is 1.82. The van der Waals surface area contributed by atoms with Crippen molar-refractivity contribution >= 4 is 5.97 Å². The molecule has 2 fully saturated rings. The molecule has 1 aliphatic heterocycles. The second-order valence-electron chi connectivity index (χ2n) is 9.00. The van der Waals surface area contributed by atoms with Crippen molar-refractivity contribution in [1.29, 1.82) is 0 Å². The Kier molecular flexibility index (Phi) is 11.4. The fourth-order valence-electron chi connectivity index (χ4n) is 4.94. The van der Waals surface area contributed by atoms with Crippen LogP contribution in [0.2, 0.25) is 0 Å². The number of rotatable bonds is 15. The molecule has 1 saturated carbocycles. The van der Waals surface area contributed by atoms with E-state index in [4.69, 9.17) is 14.6 Å². The van der Waals surface area contributed by atoms with Gasteiger partial charge in [0.05, 0.1) is 25.4 Å². The minimum Gasteiger partial charge on any atom is -0.481 e. The number of carbonyl (C=O) groups is 1. The van der Waals surface area contributed by atoms with Gasteiger partial charge in [0.1, 0.15) is 0 Å². The summed E-state index contributed by atoms with van der Waals surface area (Å²) in [5.41, 5.74) is 0. The first kappa shape index (κ1) is 25.3. The van der Waals surface area contributed by atoms with Gasteiger partial charge in [-0.1, -0.05) is 44.8 Å². The minimum atomic E-state index is -0.770. The third kappa shape index (κ3) is 8.29. The Bertz CT molecular complexity index is 514. The molecule has 0 amide bonds. The number of aliphatic hydroxyl groups excluding tert-OH is 2. The van der Waals surface area contributed by atoms with Crippen LogP contribution in [0.1, 0.15) is 90.4 Å². The molecule has 0 aromatic carbocycles. The Labute approximate surface area is 181 Å². The molecule has 1 saturated heterocycles. The normalized spacial score (nSPS) is 28.5. The van der Waals surface area contributed by atoms with Gasteiger partial charge in [-0.3, -0.25) is 4.79 Å². The number of aliphatic hydroxyl groups is 2.